The summed E-state index contributed by atoms with van der Waals surface area (Å²) >= 11 is 11.9. The fourth-order valence-corrected chi connectivity index (χ4v) is 2.53. The van der Waals surface area contributed by atoms with Gasteiger partial charge in [-0.3, -0.25) is 0 Å². The smallest absolute Gasteiger partial charge is 0.310 e. The molecule has 1 atom stereocenters. The monoisotopic (exact) mass is 327 g/mol. The molecule has 0 heterocycles. The molecule has 0 radical (unpaired) electrons. The van der Waals surface area contributed by atoms with E-state index in [1.54, 1.807) is 18.2 Å². The first-order chi connectivity index (χ1) is 9.31. The van der Waals surface area contributed by atoms with E-state index in [2.05, 4.69) is 5.32 Å². The third-order valence-corrected chi connectivity index (χ3v) is 3.32. The Morgan fingerprint density at radius 3 is 2.25 bits per heavy atom. The summed E-state index contributed by atoms with van der Waals surface area (Å²) in [6.07, 6.45) is -3.50. The zero-order valence-electron chi connectivity index (χ0n) is 11.2. The number of alkyl halides is 3. The van der Waals surface area contributed by atoms with Gasteiger partial charge in [0, 0.05) is 22.5 Å². The van der Waals surface area contributed by atoms with Crippen molar-refractivity contribution in [2.24, 2.45) is 0 Å². The maximum absolute atomic E-state index is 12.2. The molecule has 0 aromatic heterocycles. The summed E-state index contributed by atoms with van der Waals surface area (Å²) in [6, 6.07) is 4.94. The van der Waals surface area contributed by atoms with Gasteiger partial charge in [-0.05, 0) is 49.6 Å². The maximum Gasteiger partial charge on any atom is 0.389 e. The Morgan fingerprint density at radius 2 is 1.75 bits per heavy atom. The van der Waals surface area contributed by atoms with Crippen molar-refractivity contribution >= 4 is 23.2 Å². The topological polar surface area (TPSA) is 12.0 Å². The molecule has 0 amide bonds. The molecule has 0 aliphatic carbocycles. The fourth-order valence-electron chi connectivity index (χ4n) is 1.99. The lowest BCUT2D eigenvalue weighted by atomic mass is 10.0. The number of hydrogen-bond acceptors (Lipinski definition) is 1. The van der Waals surface area contributed by atoms with Gasteiger partial charge < -0.3 is 5.32 Å². The zero-order valence-corrected chi connectivity index (χ0v) is 12.7. The number of rotatable bonds is 7. The van der Waals surface area contributed by atoms with Gasteiger partial charge in [-0.25, -0.2) is 0 Å². The van der Waals surface area contributed by atoms with Crippen LogP contribution in [0.5, 0.6) is 0 Å². The SMILES string of the molecule is CCCNC(CCCC(F)(F)F)c1cc(Cl)cc(Cl)c1. The minimum Gasteiger partial charge on any atom is -0.310 e. The zero-order chi connectivity index (χ0) is 15.2. The third kappa shape index (κ3) is 6.82. The molecule has 1 N–H and O–H groups in total. The first-order valence-electron chi connectivity index (χ1n) is 6.58. The lowest BCUT2D eigenvalue weighted by molar-refractivity contribution is -0.135. The molecule has 1 nitrogen and oxygen atoms in total. The molecule has 0 saturated carbocycles. The van der Waals surface area contributed by atoms with Crippen molar-refractivity contribution in [2.45, 2.75) is 44.8 Å². The van der Waals surface area contributed by atoms with Crippen LogP contribution in [0, 0.1) is 0 Å². The number of hydrogen-bond donors (Lipinski definition) is 1. The van der Waals surface area contributed by atoms with Crippen molar-refractivity contribution in [2.75, 3.05) is 6.54 Å². The summed E-state index contributed by atoms with van der Waals surface area (Å²) in [4.78, 5) is 0. The van der Waals surface area contributed by atoms with Crippen molar-refractivity contribution in [3.05, 3.63) is 33.8 Å². The van der Waals surface area contributed by atoms with Crippen LogP contribution in [0.3, 0.4) is 0 Å². The second-order valence-electron chi connectivity index (χ2n) is 4.72. The lowest BCUT2D eigenvalue weighted by Crippen LogP contribution is -2.22. The van der Waals surface area contributed by atoms with Crippen LogP contribution in [-0.4, -0.2) is 12.7 Å². The highest BCUT2D eigenvalue weighted by molar-refractivity contribution is 6.34. The molecular weight excluding hydrogens is 310 g/mol. The minimum atomic E-state index is -4.11. The average molecular weight is 328 g/mol. The van der Waals surface area contributed by atoms with Crippen LogP contribution >= 0.6 is 23.2 Å². The van der Waals surface area contributed by atoms with Gasteiger partial charge in [0.25, 0.3) is 0 Å². The fraction of sp³-hybridized carbons (Fsp3) is 0.571. The predicted octanol–water partition coefficient (Wildman–Crippen LogP) is 5.77. The van der Waals surface area contributed by atoms with E-state index in [0.717, 1.165) is 18.5 Å². The highest BCUT2D eigenvalue weighted by Gasteiger charge is 2.27. The standard InChI is InChI=1S/C14H18Cl2F3N/c1-2-6-20-13(4-3-5-14(17,18)19)10-7-11(15)9-12(16)8-10/h7-9,13,20H,2-6H2,1H3. The highest BCUT2D eigenvalue weighted by atomic mass is 35.5. The second-order valence-corrected chi connectivity index (χ2v) is 5.59. The van der Waals surface area contributed by atoms with Crippen LogP contribution in [0.2, 0.25) is 10.0 Å². The largest absolute Gasteiger partial charge is 0.389 e. The second kappa shape index (κ2) is 8.11. The van der Waals surface area contributed by atoms with Crippen LogP contribution in [0.25, 0.3) is 0 Å². The van der Waals surface area contributed by atoms with Crippen molar-refractivity contribution in [1.82, 2.24) is 5.32 Å². The summed E-state index contributed by atoms with van der Waals surface area (Å²) in [5, 5.41) is 4.23. The van der Waals surface area contributed by atoms with Gasteiger partial charge in [0.05, 0.1) is 0 Å². The van der Waals surface area contributed by atoms with Crippen molar-refractivity contribution in [3.8, 4) is 0 Å². The molecule has 0 aliphatic rings. The molecule has 20 heavy (non-hydrogen) atoms. The van der Waals surface area contributed by atoms with Crippen LogP contribution in [-0.2, 0) is 0 Å². The Kier molecular flexibility index (Phi) is 7.13. The highest BCUT2D eigenvalue weighted by Crippen LogP contribution is 2.29. The number of halogens is 5. The Morgan fingerprint density at radius 1 is 1.15 bits per heavy atom. The van der Waals surface area contributed by atoms with Crippen LogP contribution < -0.4 is 5.32 Å². The van der Waals surface area contributed by atoms with Gasteiger partial charge in [-0.1, -0.05) is 30.1 Å². The number of benzene rings is 1. The maximum atomic E-state index is 12.2. The summed E-state index contributed by atoms with van der Waals surface area (Å²) in [5.41, 5.74) is 0.832. The Hall–Kier alpha value is -0.450. The molecule has 0 saturated heterocycles. The van der Waals surface area contributed by atoms with E-state index in [1.165, 1.54) is 0 Å². The molecule has 0 spiro atoms. The normalized spacial score (nSPS) is 13.5. The predicted molar refractivity (Wildman–Crippen MR) is 77.4 cm³/mol. The Labute approximate surface area is 127 Å². The number of nitrogens with one attached hydrogen (secondary N) is 1. The summed E-state index contributed by atoms with van der Waals surface area (Å²) in [7, 11) is 0. The summed E-state index contributed by atoms with van der Waals surface area (Å²) < 4.78 is 36.7. The Balaban J connectivity index is 2.72. The molecule has 1 aromatic rings. The first-order valence-corrected chi connectivity index (χ1v) is 7.33. The molecule has 0 bridgehead atoms. The van der Waals surface area contributed by atoms with E-state index in [-0.39, 0.29) is 12.5 Å². The molecule has 114 valence electrons. The molecule has 1 unspecified atom stereocenters. The molecular formula is C14H18Cl2F3N. The van der Waals surface area contributed by atoms with Crippen LogP contribution in [0.4, 0.5) is 13.2 Å². The van der Waals surface area contributed by atoms with E-state index in [9.17, 15) is 13.2 Å². The van der Waals surface area contributed by atoms with Gasteiger partial charge in [-0.15, -0.1) is 0 Å². The summed E-state index contributed by atoms with van der Waals surface area (Å²) in [6.45, 7) is 2.74. The molecule has 0 aliphatic heterocycles. The van der Waals surface area contributed by atoms with Crippen molar-refractivity contribution in [1.29, 1.82) is 0 Å². The summed E-state index contributed by atoms with van der Waals surface area (Å²) in [5.74, 6) is 0. The van der Waals surface area contributed by atoms with Gasteiger partial charge >= 0.3 is 6.18 Å². The van der Waals surface area contributed by atoms with Gasteiger partial charge in [-0.2, -0.15) is 13.2 Å². The lowest BCUT2D eigenvalue weighted by Gasteiger charge is -2.20. The van der Waals surface area contributed by atoms with Crippen LogP contribution in [0.1, 0.15) is 44.2 Å². The van der Waals surface area contributed by atoms with E-state index in [1.807, 2.05) is 6.92 Å². The van der Waals surface area contributed by atoms with E-state index < -0.39 is 12.6 Å². The molecule has 6 heteroatoms. The van der Waals surface area contributed by atoms with Gasteiger partial charge in [0.2, 0.25) is 0 Å². The van der Waals surface area contributed by atoms with E-state index in [4.69, 9.17) is 23.2 Å². The van der Waals surface area contributed by atoms with Crippen LogP contribution in [0.15, 0.2) is 18.2 Å². The average Bonchev–Trinajstić information content (AvgIpc) is 2.30. The Bertz CT molecular complexity index is 401. The van der Waals surface area contributed by atoms with Crippen molar-refractivity contribution in [3.63, 3.8) is 0 Å². The molecule has 1 aromatic carbocycles. The molecule has 1 rings (SSSR count). The quantitative estimate of drug-likeness (QED) is 0.670. The first kappa shape index (κ1) is 17.6. The van der Waals surface area contributed by atoms with Gasteiger partial charge in [0.1, 0.15) is 0 Å². The minimum absolute atomic E-state index is 0.0784. The van der Waals surface area contributed by atoms with E-state index in [0.29, 0.717) is 16.5 Å². The van der Waals surface area contributed by atoms with Crippen molar-refractivity contribution < 1.29 is 13.2 Å². The molecule has 0 fully saturated rings. The van der Waals surface area contributed by atoms with E-state index >= 15 is 0 Å². The van der Waals surface area contributed by atoms with Gasteiger partial charge in [0.15, 0.2) is 0 Å². The third-order valence-electron chi connectivity index (χ3n) is 2.88.